The Morgan fingerprint density at radius 2 is 1.92 bits per heavy atom. The summed E-state index contributed by atoms with van der Waals surface area (Å²) in [7, 11) is 0. The molecule has 2 nitrogen and oxygen atoms in total. The van der Waals surface area contributed by atoms with Crippen LogP contribution in [0.3, 0.4) is 0 Å². The van der Waals surface area contributed by atoms with Gasteiger partial charge in [-0.05, 0) is 38.8 Å². The highest BCUT2D eigenvalue weighted by atomic mass is 15.2. The smallest absolute Gasteiger partial charge is 0.00925 e. The molecule has 0 aromatic carbocycles. The third-order valence-corrected chi connectivity index (χ3v) is 3.18. The van der Waals surface area contributed by atoms with Crippen molar-refractivity contribution in [3.05, 3.63) is 0 Å². The molecule has 0 bridgehead atoms. The Hall–Kier alpha value is -0.0800. The van der Waals surface area contributed by atoms with Crippen molar-refractivity contribution in [2.45, 2.75) is 58.0 Å². The highest BCUT2D eigenvalue weighted by Gasteiger charge is 2.21. The van der Waals surface area contributed by atoms with Gasteiger partial charge in [-0.15, -0.1) is 0 Å². The SMILES string of the molecule is CCCC(CC)N1CCC(N)CC1. The summed E-state index contributed by atoms with van der Waals surface area (Å²) in [5.41, 5.74) is 5.89. The van der Waals surface area contributed by atoms with E-state index < -0.39 is 0 Å². The summed E-state index contributed by atoms with van der Waals surface area (Å²) in [5, 5.41) is 0. The Morgan fingerprint density at radius 1 is 1.31 bits per heavy atom. The summed E-state index contributed by atoms with van der Waals surface area (Å²) in [5.74, 6) is 0. The summed E-state index contributed by atoms with van der Waals surface area (Å²) < 4.78 is 0. The molecule has 1 aliphatic rings. The van der Waals surface area contributed by atoms with Crippen LogP contribution in [0.5, 0.6) is 0 Å². The van der Waals surface area contributed by atoms with E-state index in [1.165, 1.54) is 45.2 Å². The van der Waals surface area contributed by atoms with Crippen molar-refractivity contribution in [1.82, 2.24) is 4.90 Å². The molecule has 0 radical (unpaired) electrons. The average Bonchev–Trinajstić information content (AvgIpc) is 2.16. The first-order valence-electron chi connectivity index (χ1n) is 5.77. The predicted octanol–water partition coefficient (Wildman–Crippen LogP) is 1.99. The van der Waals surface area contributed by atoms with Crippen LogP contribution in [0.2, 0.25) is 0 Å². The van der Waals surface area contributed by atoms with Crippen LogP contribution in [-0.4, -0.2) is 30.1 Å². The van der Waals surface area contributed by atoms with Gasteiger partial charge in [0.2, 0.25) is 0 Å². The van der Waals surface area contributed by atoms with E-state index in [9.17, 15) is 0 Å². The molecule has 13 heavy (non-hydrogen) atoms. The minimum atomic E-state index is 0.468. The molecule has 0 spiro atoms. The minimum Gasteiger partial charge on any atom is -0.328 e. The van der Waals surface area contributed by atoms with Crippen LogP contribution in [0.4, 0.5) is 0 Å². The minimum absolute atomic E-state index is 0.468. The average molecular weight is 184 g/mol. The zero-order chi connectivity index (χ0) is 9.68. The van der Waals surface area contributed by atoms with Crippen LogP contribution in [0.15, 0.2) is 0 Å². The Balaban J connectivity index is 2.32. The summed E-state index contributed by atoms with van der Waals surface area (Å²) in [6, 6.07) is 1.29. The van der Waals surface area contributed by atoms with E-state index in [0.717, 1.165) is 6.04 Å². The Bertz CT molecular complexity index is 128. The van der Waals surface area contributed by atoms with E-state index in [4.69, 9.17) is 5.73 Å². The van der Waals surface area contributed by atoms with Crippen LogP contribution in [-0.2, 0) is 0 Å². The number of nitrogens with zero attached hydrogens (tertiary/aromatic N) is 1. The second-order valence-electron chi connectivity index (χ2n) is 4.22. The maximum atomic E-state index is 5.89. The monoisotopic (exact) mass is 184 g/mol. The van der Waals surface area contributed by atoms with Crippen molar-refractivity contribution in [2.24, 2.45) is 5.73 Å². The Labute approximate surface area is 82.5 Å². The third-order valence-electron chi connectivity index (χ3n) is 3.18. The van der Waals surface area contributed by atoms with Crippen molar-refractivity contribution < 1.29 is 0 Å². The first-order valence-corrected chi connectivity index (χ1v) is 5.77. The molecule has 1 rings (SSSR count). The van der Waals surface area contributed by atoms with Gasteiger partial charge in [-0.1, -0.05) is 20.3 Å². The second-order valence-corrected chi connectivity index (χ2v) is 4.22. The van der Waals surface area contributed by atoms with Gasteiger partial charge in [0, 0.05) is 12.1 Å². The first kappa shape index (κ1) is 11.0. The van der Waals surface area contributed by atoms with E-state index in [1.54, 1.807) is 0 Å². The standard InChI is InChI=1S/C11H24N2/c1-3-5-11(4-2)13-8-6-10(12)7-9-13/h10-11H,3-9,12H2,1-2H3. The van der Waals surface area contributed by atoms with Gasteiger partial charge in [-0.2, -0.15) is 0 Å². The molecule has 0 aromatic heterocycles. The van der Waals surface area contributed by atoms with E-state index in [1.807, 2.05) is 0 Å². The lowest BCUT2D eigenvalue weighted by Crippen LogP contribution is -2.44. The normalized spacial score (nSPS) is 23.3. The van der Waals surface area contributed by atoms with E-state index in [2.05, 4.69) is 18.7 Å². The number of piperidine rings is 1. The van der Waals surface area contributed by atoms with Gasteiger partial charge in [0.1, 0.15) is 0 Å². The molecule has 1 unspecified atom stereocenters. The van der Waals surface area contributed by atoms with Gasteiger partial charge in [0.25, 0.3) is 0 Å². The molecule has 1 heterocycles. The molecule has 0 aromatic rings. The molecule has 1 aliphatic heterocycles. The van der Waals surface area contributed by atoms with Gasteiger partial charge in [0.05, 0.1) is 0 Å². The molecule has 1 fully saturated rings. The van der Waals surface area contributed by atoms with Gasteiger partial charge >= 0.3 is 0 Å². The van der Waals surface area contributed by atoms with Gasteiger partial charge in [-0.3, -0.25) is 0 Å². The Kier molecular flexibility index (Phi) is 4.74. The van der Waals surface area contributed by atoms with Crippen LogP contribution in [0, 0.1) is 0 Å². The fraction of sp³-hybridized carbons (Fsp3) is 1.00. The number of rotatable bonds is 4. The second kappa shape index (κ2) is 5.61. The predicted molar refractivity (Wildman–Crippen MR) is 57.8 cm³/mol. The molecule has 1 atom stereocenters. The van der Waals surface area contributed by atoms with E-state index >= 15 is 0 Å². The van der Waals surface area contributed by atoms with Gasteiger partial charge in [-0.25, -0.2) is 0 Å². The summed E-state index contributed by atoms with van der Waals surface area (Å²) >= 11 is 0. The van der Waals surface area contributed by atoms with Crippen molar-refractivity contribution >= 4 is 0 Å². The first-order chi connectivity index (χ1) is 6.27. The zero-order valence-electron chi connectivity index (χ0n) is 9.13. The maximum Gasteiger partial charge on any atom is 0.00925 e. The highest BCUT2D eigenvalue weighted by molar-refractivity contribution is 4.78. The van der Waals surface area contributed by atoms with Crippen LogP contribution < -0.4 is 5.73 Å². The highest BCUT2D eigenvalue weighted by Crippen LogP contribution is 2.16. The zero-order valence-corrected chi connectivity index (χ0v) is 9.13. The number of likely N-dealkylation sites (tertiary alicyclic amines) is 1. The summed E-state index contributed by atoms with van der Waals surface area (Å²) in [6.45, 7) is 7.02. The largest absolute Gasteiger partial charge is 0.328 e. The molecule has 2 heteroatoms. The van der Waals surface area contributed by atoms with Crippen molar-refractivity contribution in [3.63, 3.8) is 0 Å². The maximum absolute atomic E-state index is 5.89. The molecular formula is C11H24N2. The van der Waals surface area contributed by atoms with Crippen molar-refractivity contribution in [1.29, 1.82) is 0 Å². The van der Waals surface area contributed by atoms with Gasteiger partial charge in [0.15, 0.2) is 0 Å². The molecule has 0 saturated carbocycles. The number of hydrogen-bond donors (Lipinski definition) is 1. The lowest BCUT2D eigenvalue weighted by molar-refractivity contribution is 0.141. The van der Waals surface area contributed by atoms with Crippen molar-refractivity contribution in [2.75, 3.05) is 13.1 Å². The molecular weight excluding hydrogens is 160 g/mol. The molecule has 0 amide bonds. The summed E-state index contributed by atoms with van der Waals surface area (Å²) in [4.78, 5) is 2.63. The topological polar surface area (TPSA) is 29.3 Å². The number of nitrogens with two attached hydrogens (primary N) is 1. The molecule has 1 saturated heterocycles. The molecule has 0 aliphatic carbocycles. The number of hydrogen-bond acceptors (Lipinski definition) is 2. The van der Waals surface area contributed by atoms with Crippen molar-refractivity contribution in [3.8, 4) is 0 Å². The Morgan fingerprint density at radius 3 is 2.38 bits per heavy atom. The summed E-state index contributed by atoms with van der Waals surface area (Å²) in [6.07, 6.45) is 6.34. The fourth-order valence-electron chi connectivity index (χ4n) is 2.26. The van der Waals surface area contributed by atoms with E-state index in [0.29, 0.717) is 6.04 Å². The third kappa shape index (κ3) is 3.28. The lowest BCUT2D eigenvalue weighted by Gasteiger charge is -2.36. The van der Waals surface area contributed by atoms with Crippen LogP contribution in [0.1, 0.15) is 46.0 Å². The van der Waals surface area contributed by atoms with E-state index in [-0.39, 0.29) is 0 Å². The quantitative estimate of drug-likeness (QED) is 0.724. The lowest BCUT2D eigenvalue weighted by atomic mass is 10.0. The van der Waals surface area contributed by atoms with Crippen LogP contribution in [0.25, 0.3) is 0 Å². The molecule has 78 valence electrons. The van der Waals surface area contributed by atoms with Crippen LogP contribution >= 0.6 is 0 Å². The fourth-order valence-corrected chi connectivity index (χ4v) is 2.26. The molecule has 2 N–H and O–H groups in total. The van der Waals surface area contributed by atoms with Gasteiger partial charge < -0.3 is 10.6 Å².